The van der Waals surface area contributed by atoms with Crippen molar-refractivity contribution >= 4 is 30.7 Å². The molecule has 2 atom stereocenters. The quantitative estimate of drug-likeness (QED) is 0.181. The fraction of sp³-hybridized carbons (Fsp3) is 0.400. The third kappa shape index (κ3) is 9.00. The van der Waals surface area contributed by atoms with Crippen molar-refractivity contribution in [2.45, 2.75) is 37.6 Å². The minimum atomic E-state index is -4.58. The SMILES string of the molecule is CCOc1nc(OC)c(CN2CC(C(c3ccccc3)c3ccccc3)N3CCN(C(=O)c4ccoc4)C[C@H]3C2)c(OCC(F)(F)F)n1.Cl.Cl. The maximum atomic E-state index is 13.4. The van der Waals surface area contributed by atoms with E-state index in [1.54, 1.807) is 13.0 Å². The topological polar surface area (TPSA) is 93.4 Å². The number of fused-ring (bicyclic) bond motifs is 1. The van der Waals surface area contributed by atoms with Crippen LogP contribution < -0.4 is 14.2 Å². The first-order chi connectivity index (χ1) is 23.2. The predicted octanol–water partition coefficient (Wildman–Crippen LogP) is 6.10. The molecule has 2 aromatic heterocycles. The van der Waals surface area contributed by atoms with E-state index in [0.717, 1.165) is 11.1 Å². The van der Waals surface area contributed by atoms with E-state index in [9.17, 15) is 18.0 Å². The lowest BCUT2D eigenvalue weighted by Crippen LogP contribution is -2.67. The average molecular weight is 739 g/mol. The molecule has 50 heavy (non-hydrogen) atoms. The Morgan fingerprint density at radius 3 is 2.16 bits per heavy atom. The van der Waals surface area contributed by atoms with Gasteiger partial charge in [-0.05, 0) is 24.1 Å². The van der Waals surface area contributed by atoms with Crippen LogP contribution in [0.3, 0.4) is 0 Å². The van der Waals surface area contributed by atoms with E-state index in [4.69, 9.17) is 18.6 Å². The van der Waals surface area contributed by atoms with Gasteiger partial charge in [-0.15, -0.1) is 24.8 Å². The van der Waals surface area contributed by atoms with E-state index >= 15 is 0 Å². The van der Waals surface area contributed by atoms with Crippen molar-refractivity contribution in [1.29, 1.82) is 0 Å². The summed E-state index contributed by atoms with van der Waals surface area (Å²) in [4.78, 5) is 28.4. The molecule has 270 valence electrons. The Morgan fingerprint density at radius 1 is 0.920 bits per heavy atom. The first kappa shape index (κ1) is 38.8. The number of benzene rings is 2. The zero-order chi connectivity index (χ0) is 33.7. The van der Waals surface area contributed by atoms with Crippen LogP contribution in [0.15, 0.2) is 83.7 Å². The molecule has 10 nitrogen and oxygen atoms in total. The summed E-state index contributed by atoms with van der Waals surface area (Å²) in [7, 11) is 1.40. The van der Waals surface area contributed by atoms with Gasteiger partial charge < -0.3 is 23.5 Å². The van der Waals surface area contributed by atoms with Gasteiger partial charge in [-0.2, -0.15) is 23.1 Å². The van der Waals surface area contributed by atoms with Gasteiger partial charge in [0.2, 0.25) is 11.8 Å². The number of carbonyl (C=O) groups is 1. The second-order valence-electron chi connectivity index (χ2n) is 11.9. The molecule has 0 N–H and O–H groups in total. The number of hydrogen-bond acceptors (Lipinski definition) is 9. The van der Waals surface area contributed by atoms with Crippen molar-refractivity contribution in [1.82, 2.24) is 24.7 Å². The normalized spacial score (nSPS) is 18.1. The van der Waals surface area contributed by atoms with Crippen molar-refractivity contribution < 1.29 is 36.6 Å². The lowest BCUT2D eigenvalue weighted by atomic mass is 9.81. The Balaban J connectivity index is 0.00000281. The summed E-state index contributed by atoms with van der Waals surface area (Å²) in [6, 6.07) is 22.0. The number of carbonyl (C=O) groups excluding carboxylic acids is 1. The maximum absolute atomic E-state index is 13.4. The Morgan fingerprint density at radius 2 is 1.58 bits per heavy atom. The number of hydrogen-bond donors (Lipinski definition) is 0. The number of nitrogens with zero attached hydrogens (tertiary/aromatic N) is 5. The summed E-state index contributed by atoms with van der Waals surface area (Å²) < 4.78 is 61.4. The molecule has 4 aromatic rings. The minimum absolute atomic E-state index is 0. The third-order valence-corrected chi connectivity index (χ3v) is 8.76. The fourth-order valence-corrected chi connectivity index (χ4v) is 6.76. The van der Waals surface area contributed by atoms with Crippen LogP contribution in [0, 0.1) is 0 Å². The molecule has 2 saturated heterocycles. The van der Waals surface area contributed by atoms with Gasteiger partial charge in [-0.3, -0.25) is 14.6 Å². The van der Waals surface area contributed by atoms with E-state index in [0.29, 0.717) is 38.3 Å². The molecule has 2 aliphatic heterocycles. The van der Waals surface area contributed by atoms with Crippen molar-refractivity contribution in [3.05, 3.63) is 102 Å². The molecular weight excluding hydrogens is 698 g/mol. The molecule has 15 heteroatoms. The van der Waals surface area contributed by atoms with Crippen molar-refractivity contribution in [3.63, 3.8) is 0 Å². The molecule has 1 unspecified atom stereocenters. The van der Waals surface area contributed by atoms with Crippen LogP contribution in [0.25, 0.3) is 0 Å². The van der Waals surface area contributed by atoms with Crippen LogP contribution in [0.5, 0.6) is 17.8 Å². The molecule has 0 aliphatic carbocycles. The summed E-state index contributed by atoms with van der Waals surface area (Å²) in [6.07, 6.45) is -1.65. The molecule has 0 spiro atoms. The number of furan rings is 1. The molecule has 1 amide bonds. The van der Waals surface area contributed by atoms with Crippen LogP contribution >= 0.6 is 24.8 Å². The summed E-state index contributed by atoms with van der Waals surface area (Å²) in [6.45, 7) is 3.30. The van der Waals surface area contributed by atoms with Gasteiger partial charge in [0.05, 0.1) is 31.1 Å². The van der Waals surface area contributed by atoms with Crippen molar-refractivity contribution in [3.8, 4) is 17.8 Å². The van der Waals surface area contributed by atoms with Crippen molar-refractivity contribution in [2.75, 3.05) is 53.0 Å². The molecular formula is C35H40Cl2F3N5O5. The van der Waals surface area contributed by atoms with E-state index in [2.05, 4.69) is 44.0 Å². The number of alkyl halides is 3. The zero-order valence-corrected chi connectivity index (χ0v) is 29.3. The number of aromatic nitrogens is 2. The molecule has 0 saturated carbocycles. The zero-order valence-electron chi connectivity index (χ0n) is 27.6. The van der Waals surface area contributed by atoms with Crippen LogP contribution in [0.1, 0.15) is 39.9 Å². The molecule has 0 radical (unpaired) electrons. The minimum Gasteiger partial charge on any atom is -0.481 e. The van der Waals surface area contributed by atoms with E-state index in [1.165, 1.54) is 19.6 Å². The highest BCUT2D eigenvalue weighted by atomic mass is 35.5. The second kappa shape index (κ2) is 17.3. The van der Waals surface area contributed by atoms with Crippen molar-refractivity contribution in [2.24, 2.45) is 0 Å². The van der Waals surface area contributed by atoms with E-state index in [-0.39, 0.29) is 85.2 Å². The smallest absolute Gasteiger partial charge is 0.422 e. The Hall–Kier alpha value is -4.04. The Kier molecular flexibility index (Phi) is 13.4. The second-order valence-corrected chi connectivity index (χ2v) is 11.9. The summed E-state index contributed by atoms with van der Waals surface area (Å²) >= 11 is 0. The van der Waals surface area contributed by atoms with Gasteiger partial charge in [0.15, 0.2) is 6.61 Å². The average Bonchev–Trinajstić information content (AvgIpc) is 3.64. The maximum Gasteiger partial charge on any atom is 0.422 e. The number of rotatable bonds is 11. The van der Waals surface area contributed by atoms with Gasteiger partial charge in [-0.1, -0.05) is 60.7 Å². The number of amides is 1. The highest BCUT2D eigenvalue weighted by Crippen LogP contribution is 2.38. The predicted molar refractivity (Wildman–Crippen MR) is 185 cm³/mol. The molecule has 6 rings (SSSR count). The Labute approximate surface area is 301 Å². The van der Waals surface area contributed by atoms with Gasteiger partial charge in [-0.25, -0.2) is 0 Å². The standard InChI is InChI=1S/C35H38F3N5O5.2ClH/c1-3-47-34-39-31(45-2)28(32(40-34)48-23-35(36,37)38)20-41-18-27-19-42(33(44)26-14-17-46-22-26)15-16-43(27)29(21-41)30(24-10-6-4-7-11-24)25-12-8-5-9-13-25;;/h4-14,17,22,27,29-30H,3,15-16,18-21,23H2,1-2H3;2*1H/t27-,29?;;/m1../s1. The van der Waals surface area contributed by atoms with Gasteiger partial charge >= 0.3 is 12.2 Å². The number of methoxy groups -OCH3 is 1. The highest BCUT2D eigenvalue weighted by Gasteiger charge is 2.44. The first-order valence-corrected chi connectivity index (χ1v) is 15.9. The molecule has 2 aromatic carbocycles. The van der Waals surface area contributed by atoms with Crippen LogP contribution in [-0.4, -0.2) is 102 Å². The number of piperazine rings is 2. The molecule has 2 fully saturated rings. The largest absolute Gasteiger partial charge is 0.481 e. The number of halogens is 5. The summed E-state index contributed by atoms with van der Waals surface area (Å²) in [5.41, 5.74) is 3.06. The lowest BCUT2D eigenvalue weighted by molar-refractivity contribution is -0.154. The summed E-state index contributed by atoms with van der Waals surface area (Å²) in [5, 5.41) is 0. The van der Waals surface area contributed by atoms with E-state index < -0.39 is 12.8 Å². The first-order valence-electron chi connectivity index (χ1n) is 15.9. The van der Waals surface area contributed by atoms with Gasteiger partial charge in [0.1, 0.15) is 6.26 Å². The Bertz CT molecular complexity index is 1610. The fourth-order valence-electron chi connectivity index (χ4n) is 6.76. The van der Waals surface area contributed by atoms with Crippen LogP contribution in [0.4, 0.5) is 13.2 Å². The van der Waals surface area contributed by atoms with Crippen LogP contribution in [-0.2, 0) is 6.54 Å². The van der Waals surface area contributed by atoms with Gasteiger partial charge in [0, 0.05) is 57.3 Å². The molecule has 2 aliphatic rings. The highest BCUT2D eigenvalue weighted by molar-refractivity contribution is 5.93. The number of ether oxygens (including phenoxy) is 3. The molecule has 4 heterocycles. The van der Waals surface area contributed by atoms with Gasteiger partial charge in [0.25, 0.3) is 5.91 Å². The van der Waals surface area contributed by atoms with Crippen LogP contribution in [0.2, 0.25) is 0 Å². The monoisotopic (exact) mass is 737 g/mol. The lowest BCUT2D eigenvalue weighted by Gasteiger charge is -2.53. The third-order valence-electron chi connectivity index (χ3n) is 8.76. The summed E-state index contributed by atoms with van der Waals surface area (Å²) in [5.74, 6) is -0.310. The van der Waals surface area contributed by atoms with E-state index in [1.807, 2.05) is 41.3 Å². The molecule has 0 bridgehead atoms.